The molecule has 5 nitrogen and oxygen atoms in total. The van der Waals surface area contributed by atoms with Crippen LogP contribution in [0.15, 0.2) is 52.1 Å². The van der Waals surface area contributed by atoms with E-state index in [0.717, 1.165) is 21.3 Å². The van der Waals surface area contributed by atoms with Crippen LogP contribution in [-0.4, -0.2) is 25.9 Å². The van der Waals surface area contributed by atoms with Gasteiger partial charge in [0.1, 0.15) is 11.5 Å². The van der Waals surface area contributed by atoms with E-state index in [1.54, 1.807) is 14.2 Å². The number of rotatable bonds is 4. The molecule has 0 fully saturated rings. The quantitative estimate of drug-likeness (QED) is 0.699. The summed E-state index contributed by atoms with van der Waals surface area (Å²) < 4.78 is 11.8. The van der Waals surface area contributed by atoms with Crippen molar-refractivity contribution in [2.24, 2.45) is 0 Å². The van der Waals surface area contributed by atoms with Crippen molar-refractivity contribution in [3.05, 3.63) is 68.8 Å². The summed E-state index contributed by atoms with van der Waals surface area (Å²) in [6.45, 7) is 2.04. The van der Waals surface area contributed by atoms with Crippen molar-refractivity contribution in [3.8, 4) is 11.5 Å². The van der Waals surface area contributed by atoms with Gasteiger partial charge < -0.3 is 14.8 Å². The molecule has 1 N–H and O–H groups in total. The number of halogens is 1. The number of amides is 1. The van der Waals surface area contributed by atoms with E-state index in [4.69, 9.17) is 9.47 Å². The summed E-state index contributed by atoms with van der Waals surface area (Å²) in [7, 11) is 3.18. The summed E-state index contributed by atoms with van der Waals surface area (Å²) in [6, 6.07) is 11.9. The number of methoxy groups -OCH3 is 2. The summed E-state index contributed by atoms with van der Waals surface area (Å²) in [5, 5.41) is 2.98. The average molecular weight is 470 g/mol. The molecule has 0 radical (unpaired) electrons. The fraction of sp³-hybridized carbons (Fsp3) is 0.333. The molecule has 0 spiro atoms. The molecule has 0 saturated heterocycles. The second-order valence-corrected chi connectivity index (χ2v) is 8.72. The second kappa shape index (κ2) is 8.26. The van der Waals surface area contributed by atoms with Crippen molar-refractivity contribution >= 4 is 27.6 Å². The van der Waals surface area contributed by atoms with Crippen LogP contribution in [0, 0.1) is 6.92 Å². The van der Waals surface area contributed by atoms with Gasteiger partial charge in [0.2, 0.25) is 5.91 Å². The molecule has 156 valence electrons. The maximum Gasteiger partial charge on any atom is 0.225 e. The average Bonchev–Trinajstić information content (AvgIpc) is 2.73. The lowest BCUT2D eigenvalue weighted by Crippen LogP contribution is -2.38. The Bertz CT molecular complexity index is 1040. The zero-order chi connectivity index (χ0) is 21.4. The highest BCUT2D eigenvalue weighted by atomic mass is 79.9. The van der Waals surface area contributed by atoms with E-state index in [9.17, 15) is 9.59 Å². The van der Waals surface area contributed by atoms with Crippen LogP contribution in [0.4, 0.5) is 0 Å². The number of carbonyl (C=O) groups excluding carboxylic acids is 2. The molecule has 0 bridgehead atoms. The molecule has 6 heteroatoms. The number of benzene rings is 2. The van der Waals surface area contributed by atoms with E-state index in [2.05, 4.69) is 45.5 Å². The number of allylic oxidation sites excluding steroid dienone is 2. The van der Waals surface area contributed by atoms with Gasteiger partial charge in [-0.2, -0.15) is 0 Å². The third-order valence-electron chi connectivity index (χ3n) is 5.96. The van der Waals surface area contributed by atoms with Crippen molar-refractivity contribution in [1.29, 1.82) is 0 Å². The molecular formula is C24H24BrNO4. The highest BCUT2D eigenvalue weighted by molar-refractivity contribution is 9.10. The first-order valence-electron chi connectivity index (χ1n) is 9.95. The summed E-state index contributed by atoms with van der Waals surface area (Å²) in [6.07, 6.45) is 1.29. The number of Topliss-reactive ketones (excluding diaryl/α,β-unsaturated/α-hetero) is 1. The molecule has 2 atom stereocenters. The first-order chi connectivity index (χ1) is 14.4. The van der Waals surface area contributed by atoms with Gasteiger partial charge in [0.15, 0.2) is 5.78 Å². The van der Waals surface area contributed by atoms with E-state index in [1.807, 2.05) is 19.1 Å². The van der Waals surface area contributed by atoms with Gasteiger partial charge in [0.25, 0.3) is 0 Å². The van der Waals surface area contributed by atoms with Crippen LogP contribution in [0.5, 0.6) is 11.5 Å². The van der Waals surface area contributed by atoms with Crippen LogP contribution >= 0.6 is 15.9 Å². The van der Waals surface area contributed by atoms with E-state index in [-0.39, 0.29) is 29.9 Å². The predicted octanol–water partition coefficient (Wildman–Crippen LogP) is 4.78. The van der Waals surface area contributed by atoms with Crippen LogP contribution in [0.1, 0.15) is 47.8 Å². The molecule has 2 aromatic rings. The van der Waals surface area contributed by atoms with Crippen molar-refractivity contribution in [3.63, 3.8) is 0 Å². The molecule has 30 heavy (non-hydrogen) atoms. The minimum atomic E-state index is -0.350. The Labute approximate surface area is 184 Å². The first kappa shape index (κ1) is 20.7. The van der Waals surface area contributed by atoms with E-state index in [1.165, 1.54) is 5.56 Å². The van der Waals surface area contributed by atoms with Crippen molar-refractivity contribution in [1.82, 2.24) is 5.32 Å². The molecule has 2 aromatic carbocycles. The number of ketones is 1. The van der Waals surface area contributed by atoms with E-state index in [0.29, 0.717) is 29.9 Å². The Hall–Kier alpha value is -2.60. The lowest BCUT2D eigenvalue weighted by atomic mass is 9.73. The highest BCUT2D eigenvalue weighted by Gasteiger charge is 2.39. The molecule has 0 saturated carbocycles. The molecule has 1 amide bonds. The molecule has 0 unspecified atom stereocenters. The Balaban J connectivity index is 1.77. The van der Waals surface area contributed by atoms with Gasteiger partial charge in [0.05, 0.1) is 18.7 Å². The first-order valence-corrected chi connectivity index (χ1v) is 10.7. The minimum absolute atomic E-state index is 0.0669. The summed E-state index contributed by atoms with van der Waals surface area (Å²) in [5.74, 6) is 0.979. The molecule has 1 heterocycles. The Morgan fingerprint density at radius 2 is 1.67 bits per heavy atom. The van der Waals surface area contributed by atoms with Crippen LogP contribution in [0.3, 0.4) is 0 Å². The number of nitrogens with one attached hydrogen (secondary N) is 1. The Morgan fingerprint density at radius 1 is 0.967 bits per heavy atom. The zero-order valence-corrected chi connectivity index (χ0v) is 18.8. The van der Waals surface area contributed by atoms with Gasteiger partial charge in [-0.3, -0.25) is 9.59 Å². The predicted molar refractivity (Wildman–Crippen MR) is 118 cm³/mol. The third kappa shape index (κ3) is 3.76. The summed E-state index contributed by atoms with van der Waals surface area (Å²) >= 11 is 3.47. The fourth-order valence-corrected chi connectivity index (χ4v) is 4.94. The lowest BCUT2D eigenvalue weighted by molar-refractivity contribution is -0.122. The van der Waals surface area contributed by atoms with Gasteiger partial charge >= 0.3 is 0 Å². The van der Waals surface area contributed by atoms with Gasteiger partial charge in [-0.1, -0.05) is 29.8 Å². The molecule has 1 aliphatic carbocycles. The van der Waals surface area contributed by atoms with Crippen molar-refractivity contribution in [2.45, 2.75) is 38.0 Å². The summed E-state index contributed by atoms with van der Waals surface area (Å²) in [4.78, 5) is 25.9. The molecule has 1 aliphatic heterocycles. The largest absolute Gasteiger partial charge is 0.496 e. The minimum Gasteiger partial charge on any atom is -0.496 e. The number of hydrogen-bond acceptors (Lipinski definition) is 4. The van der Waals surface area contributed by atoms with E-state index < -0.39 is 0 Å². The van der Waals surface area contributed by atoms with Crippen LogP contribution < -0.4 is 14.8 Å². The molecule has 2 aliphatic rings. The number of aryl methyl sites for hydroxylation is 1. The molecular weight excluding hydrogens is 446 g/mol. The maximum atomic E-state index is 13.3. The normalized spacial score (nSPS) is 21.2. The monoisotopic (exact) mass is 469 g/mol. The fourth-order valence-electron chi connectivity index (χ4n) is 4.46. The van der Waals surface area contributed by atoms with Crippen LogP contribution in [-0.2, 0) is 9.59 Å². The van der Waals surface area contributed by atoms with E-state index >= 15 is 0 Å². The second-order valence-electron chi connectivity index (χ2n) is 7.86. The standard InChI is InChI=1S/C24H24BrNO4/c1-13-4-6-14(7-5-13)15-8-19-24(20(27)9-15)17(11-23(28)26-19)16-10-22(30-3)18(25)12-21(16)29-2/h4-7,10,12,15,17H,8-9,11H2,1-3H3,(H,26,28)/t15-,17+/m1/s1. The molecule has 4 rings (SSSR count). The van der Waals surface area contributed by atoms with Gasteiger partial charge in [-0.15, -0.1) is 0 Å². The third-order valence-corrected chi connectivity index (χ3v) is 6.58. The van der Waals surface area contributed by atoms with Gasteiger partial charge in [0, 0.05) is 35.6 Å². The van der Waals surface area contributed by atoms with Gasteiger partial charge in [-0.05, 0) is 52.9 Å². The zero-order valence-electron chi connectivity index (χ0n) is 17.3. The number of carbonyl (C=O) groups is 2. The summed E-state index contributed by atoms with van der Waals surface area (Å²) in [5.41, 5.74) is 4.53. The lowest BCUT2D eigenvalue weighted by Gasteiger charge is -2.35. The highest BCUT2D eigenvalue weighted by Crippen LogP contribution is 2.46. The maximum absolute atomic E-state index is 13.3. The number of ether oxygens (including phenoxy) is 2. The Morgan fingerprint density at radius 3 is 2.33 bits per heavy atom. The van der Waals surface area contributed by atoms with Crippen molar-refractivity contribution < 1.29 is 19.1 Å². The SMILES string of the molecule is COc1cc([C@@H]2CC(=O)NC3=C2C(=O)C[C@H](c2ccc(C)cc2)C3)c(OC)cc1Br. The topological polar surface area (TPSA) is 64.6 Å². The number of hydrogen-bond donors (Lipinski definition) is 1. The van der Waals surface area contributed by atoms with Crippen LogP contribution in [0.2, 0.25) is 0 Å². The molecule has 0 aromatic heterocycles. The van der Waals surface area contributed by atoms with Gasteiger partial charge in [-0.25, -0.2) is 0 Å². The Kier molecular flexibility index (Phi) is 5.69. The smallest absolute Gasteiger partial charge is 0.225 e. The van der Waals surface area contributed by atoms with Crippen molar-refractivity contribution in [2.75, 3.05) is 14.2 Å². The van der Waals surface area contributed by atoms with Crippen LogP contribution in [0.25, 0.3) is 0 Å².